The SMILES string of the molecule is COc1ccc([C@H](C(=O)NC[C@@H]2CCCO2)N(C(=O)c2snc(C(N)=O)c2N)c2ccccc2)cc1OC. The second kappa shape index (κ2) is 11.9. The molecule has 0 unspecified atom stereocenters. The molecule has 11 nitrogen and oxygen atoms in total. The molecule has 4 rings (SSSR count). The molecular formula is C26H29N5O6S. The highest BCUT2D eigenvalue weighted by Crippen LogP contribution is 2.36. The Morgan fingerprint density at radius 1 is 1.16 bits per heavy atom. The first-order valence-corrected chi connectivity index (χ1v) is 12.7. The maximum Gasteiger partial charge on any atom is 0.273 e. The summed E-state index contributed by atoms with van der Waals surface area (Å²) in [5.74, 6) is -1.07. The van der Waals surface area contributed by atoms with Gasteiger partial charge in [-0.1, -0.05) is 24.3 Å². The molecule has 5 N–H and O–H groups in total. The Labute approximate surface area is 223 Å². The van der Waals surface area contributed by atoms with E-state index >= 15 is 0 Å². The Kier molecular flexibility index (Phi) is 8.44. The number of aromatic nitrogens is 1. The molecule has 0 aliphatic carbocycles. The average molecular weight is 540 g/mol. The fraction of sp³-hybridized carbons (Fsp3) is 0.308. The molecule has 3 aromatic rings. The van der Waals surface area contributed by atoms with E-state index < -0.39 is 23.8 Å². The van der Waals surface area contributed by atoms with E-state index in [0.29, 0.717) is 29.4 Å². The lowest BCUT2D eigenvalue weighted by atomic mass is 10.0. The molecule has 2 atom stereocenters. The van der Waals surface area contributed by atoms with Crippen molar-refractivity contribution in [3.05, 3.63) is 64.7 Å². The van der Waals surface area contributed by atoms with Crippen LogP contribution in [0, 0.1) is 0 Å². The van der Waals surface area contributed by atoms with E-state index in [1.54, 1.807) is 48.5 Å². The van der Waals surface area contributed by atoms with Crippen molar-refractivity contribution in [2.24, 2.45) is 5.73 Å². The lowest BCUT2D eigenvalue weighted by molar-refractivity contribution is -0.123. The maximum absolute atomic E-state index is 14.1. The van der Waals surface area contributed by atoms with Gasteiger partial charge in [0.15, 0.2) is 17.2 Å². The third-order valence-corrected chi connectivity index (χ3v) is 7.02. The summed E-state index contributed by atoms with van der Waals surface area (Å²) >= 11 is 0.744. The van der Waals surface area contributed by atoms with E-state index in [2.05, 4.69) is 9.69 Å². The third-order valence-electron chi connectivity index (χ3n) is 6.17. The van der Waals surface area contributed by atoms with Crippen molar-refractivity contribution < 1.29 is 28.6 Å². The number of benzene rings is 2. The summed E-state index contributed by atoms with van der Waals surface area (Å²) in [7, 11) is 2.99. The number of carbonyl (C=O) groups is 3. The van der Waals surface area contributed by atoms with E-state index in [9.17, 15) is 14.4 Å². The monoisotopic (exact) mass is 539 g/mol. The van der Waals surface area contributed by atoms with Crippen LogP contribution >= 0.6 is 11.5 Å². The number of amides is 3. The summed E-state index contributed by atoms with van der Waals surface area (Å²) in [6.07, 6.45) is 1.64. The smallest absolute Gasteiger partial charge is 0.273 e. The summed E-state index contributed by atoms with van der Waals surface area (Å²) in [5.41, 5.74) is 12.0. The van der Waals surface area contributed by atoms with Crippen molar-refractivity contribution in [1.29, 1.82) is 0 Å². The summed E-state index contributed by atoms with van der Waals surface area (Å²) < 4.78 is 20.5. The number of nitrogens with one attached hydrogen (secondary N) is 1. The fourth-order valence-electron chi connectivity index (χ4n) is 4.27. The molecule has 2 aromatic carbocycles. The molecule has 3 amide bonds. The number of nitrogens with zero attached hydrogens (tertiary/aromatic N) is 2. The Balaban J connectivity index is 1.83. The minimum atomic E-state index is -1.15. The molecule has 2 heterocycles. The molecule has 1 aromatic heterocycles. The summed E-state index contributed by atoms with van der Waals surface area (Å²) in [6, 6.07) is 12.5. The van der Waals surface area contributed by atoms with Crippen molar-refractivity contribution in [3.8, 4) is 11.5 Å². The molecule has 1 aliphatic heterocycles. The van der Waals surface area contributed by atoms with Gasteiger partial charge in [0, 0.05) is 18.8 Å². The predicted octanol–water partition coefficient (Wildman–Crippen LogP) is 2.52. The van der Waals surface area contributed by atoms with Gasteiger partial charge in [-0.2, -0.15) is 4.37 Å². The second-order valence-electron chi connectivity index (χ2n) is 8.55. The lowest BCUT2D eigenvalue weighted by Gasteiger charge is -2.32. The molecule has 0 radical (unpaired) electrons. The first kappa shape index (κ1) is 26.9. The molecule has 0 saturated carbocycles. The number of anilines is 2. The lowest BCUT2D eigenvalue weighted by Crippen LogP contribution is -2.45. The Bertz CT molecular complexity index is 1310. The number of carbonyl (C=O) groups excluding carboxylic acids is 3. The molecule has 200 valence electrons. The molecule has 12 heteroatoms. The van der Waals surface area contributed by atoms with Gasteiger partial charge < -0.3 is 31.0 Å². The molecule has 0 bridgehead atoms. The second-order valence-corrected chi connectivity index (χ2v) is 9.32. The van der Waals surface area contributed by atoms with Gasteiger partial charge in [0.25, 0.3) is 11.8 Å². The number of methoxy groups -OCH3 is 2. The Hall–Kier alpha value is -4.16. The van der Waals surface area contributed by atoms with Crippen LogP contribution in [0.15, 0.2) is 48.5 Å². The average Bonchev–Trinajstić information content (AvgIpc) is 3.59. The number of hydrogen-bond donors (Lipinski definition) is 3. The summed E-state index contributed by atoms with van der Waals surface area (Å²) in [4.78, 5) is 41.0. The van der Waals surface area contributed by atoms with Gasteiger partial charge >= 0.3 is 0 Å². The van der Waals surface area contributed by atoms with E-state index in [1.165, 1.54) is 19.1 Å². The minimum absolute atomic E-state index is 0.0138. The van der Waals surface area contributed by atoms with E-state index in [4.69, 9.17) is 25.7 Å². The van der Waals surface area contributed by atoms with E-state index in [1.807, 2.05) is 0 Å². The highest BCUT2D eigenvalue weighted by molar-refractivity contribution is 7.09. The third kappa shape index (κ3) is 5.55. The van der Waals surface area contributed by atoms with E-state index in [-0.39, 0.29) is 28.9 Å². The maximum atomic E-state index is 14.1. The molecule has 38 heavy (non-hydrogen) atoms. The molecule has 0 spiro atoms. The number of rotatable bonds is 10. The van der Waals surface area contributed by atoms with Crippen LogP contribution < -0.4 is 31.2 Å². The van der Waals surface area contributed by atoms with Crippen LogP contribution in [-0.4, -0.2) is 55.6 Å². The zero-order valence-electron chi connectivity index (χ0n) is 21.0. The minimum Gasteiger partial charge on any atom is -0.493 e. The number of nitrogens with two attached hydrogens (primary N) is 2. The van der Waals surface area contributed by atoms with Crippen LogP contribution in [0.5, 0.6) is 11.5 Å². The fourth-order valence-corrected chi connectivity index (χ4v) is 5.01. The first-order valence-electron chi connectivity index (χ1n) is 11.9. The summed E-state index contributed by atoms with van der Waals surface area (Å²) in [5, 5.41) is 2.94. The highest BCUT2D eigenvalue weighted by atomic mass is 32.1. The molecule has 1 saturated heterocycles. The number of primary amides is 1. The normalized spacial score (nSPS) is 15.5. The first-order chi connectivity index (χ1) is 18.3. The van der Waals surface area contributed by atoms with Gasteiger partial charge in [0.1, 0.15) is 10.9 Å². The van der Waals surface area contributed by atoms with Crippen LogP contribution in [0.3, 0.4) is 0 Å². The van der Waals surface area contributed by atoms with Crippen LogP contribution in [0.2, 0.25) is 0 Å². The van der Waals surface area contributed by atoms with Crippen molar-refractivity contribution >= 4 is 40.6 Å². The number of hydrogen-bond acceptors (Lipinski definition) is 9. The van der Waals surface area contributed by atoms with Gasteiger partial charge in [0.05, 0.1) is 26.0 Å². The zero-order chi connectivity index (χ0) is 27.2. The summed E-state index contributed by atoms with van der Waals surface area (Å²) in [6.45, 7) is 0.926. The van der Waals surface area contributed by atoms with Crippen molar-refractivity contribution in [2.45, 2.75) is 25.0 Å². The molecular weight excluding hydrogens is 510 g/mol. The van der Waals surface area contributed by atoms with Crippen molar-refractivity contribution in [1.82, 2.24) is 9.69 Å². The van der Waals surface area contributed by atoms with Gasteiger partial charge in [-0.05, 0) is 54.2 Å². The van der Waals surface area contributed by atoms with Crippen LogP contribution in [0.25, 0.3) is 0 Å². The number of nitrogen functional groups attached to an aromatic ring is 1. The highest BCUT2D eigenvalue weighted by Gasteiger charge is 2.36. The van der Waals surface area contributed by atoms with Gasteiger partial charge in [-0.15, -0.1) is 0 Å². The van der Waals surface area contributed by atoms with Crippen molar-refractivity contribution in [2.75, 3.05) is 38.0 Å². The molecule has 1 aliphatic rings. The largest absolute Gasteiger partial charge is 0.493 e. The van der Waals surface area contributed by atoms with Gasteiger partial charge in [-0.25, -0.2) is 0 Å². The van der Waals surface area contributed by atoms with Crippen molar-refractivity contribution in [3.63, 3.8) is 0 Å². The van der Waals surface area contributed by atoms with Crippen LogP contribution in [-0.2, 0) is 9.53 Å². The predicted molar refractivity (Wildman–Crippen MR) is 143 cm³/mol. The Morgan fingerprint density at radius 3 is 2.50 bits per heavy atom. The van der Waals surface area contributed by atoms with Gasteiger partial charge in [-0.3, -0.25) is 19.3 Å². The standard InChI is InChI=1S/C26H29N5O6S/c1-35-18-11-10-15(13-19(18)36-2)22(25(33)29-14-17-9-6-12-37-17)31(16-7-4-3-5-8-16)26(34)23-20(27)21(24(28)32)30-38-23/h3-5,7-8,10-11,13,17,22H,6,9,12,14,27H2,1-2H3,(H2,28,32)(H,29,33)/t17-,22+/m0/s1. The zero-order valence-corrected chi connectivity index (χ0v) is 21.8. The van der Waals surface area contributed by atoms with Gasteiger partial charge in [0.2, 0.25) is 5.91 Å². The topological polar surface area (TPSA) is 159 Å². The quantitative estimate of drug-likeness (QED) is 0.354. The Morgan fingerprint density at radius 2 is 1.89 bits per heavy atom. The van der Waals surface area contributed by atoms with Crippen LogP contribution in [0.1, 0.15) is 44.6 Å². The van der Waals surface area contributed by atoms with E-state index in [0.717, 1.165) is 24.4 Å². The number of para-hydroxylation sites is 1. The van der Waals surface area contributed by atoms with Crippen LogP contribution in [0.4, 0.5) is 11.4 Å². The molecule has 1 fully saturated rings. The number of ether oxygens (including phenoxy) is 3.